The second-order valence-corrected chi connectivity index (χ2v) is 2.89. The molecule has 0 bridgehead atoms. The van der Waals surface area contributed by atoms with Crippen LogP contribution < -0.4 is 0 Å². The summed E-state index contributed by atoms with van der Waals surface area (Å²) in [4.78, 5) is 10.7. The molecule has 1 unspecified atom stereocenters. The van der Waals surface area contributed by atoms with Gasteiger partial charge in [-0.05, 0) is 13.3 Å². The lowest BCUT2D eigenvalue weighted by molar-refractivity contribution is -0.170. The summed E-state index contributed by atoms with van der Waals surface area (Å²) in [6.07, 6.45) is 0.423. The van der Waals surface area contributed by atoms with Gasteiger partial charge >= 0.3 is 5.97 Å². The van der Waals surface area contributed by atoms with E-state index in [0.29, 0.717) is 6.42 Å². The van der Waals surface area contributed by atoms with Crippen molar-refractivity contribution in [1.82, 2.24) is 0 Å². The summed E-state index contributed by atoms with van der Waals surface area (Å²) < 4.78 is 9.82. The first-order valence-corrected chi connectivity index (χ1v) is 4.04. The quantitative estimate of drug-likeness (QED) is 0.550. The van der Waals surface area contributed by atoms with E-state index in [9.17, 15) is 4.79 Å². The Balaban J connectivity index is 4.00. The van der Waals surface area contributed by atoms with Crippen LogP contribution in [0.2, 0.25) is 0 Å². The van der Waals surface area contributed by atoms with E-state index in [4.69, 9.17) is 19.7 Å². The third kappa shape index (κ3) is 4.21. The first-order valence-electron chi connectivity index (χ1n) is 4.04. The first-order chi connectivity index (χ1) is 6.06. The molecule has 0 aromatic carbocycles. The Morgan fingerprint density at radius 3 is 2.54 bits per heavy atom. The molecule has 0 heterocycles. The van der Waals surface area contributed by atoms with Gasteiger partial charge in [-0.3, -0.25) is 0 Å². The maximum Gasteiger partial charge on any atom is 0.338 e. The summed E-state index contributed by atoms with van der Waals surface area (Å²) in [5, 5.41) is 17.3. The highest BCUT2D eigenvalue weighted by Crippen LogP contribution is 2.11. The SMILES string of the molecule is COCC(C)(OCCCO)C(=O)O. The predicted molar refractivity (Wildman–Crippen MR) is 45.6 cm³/mol. The maximum absolute atomic E-state index is 10.7. The van der Waals surface area contributed by atoms with Gasteiger partial charge in [-0.15, -0.1) is 0 Å². The minimum Gasteiger partial charge on any atom is -0.479 e. The van der Waals surface area contributed by atoms with E-state index in [1.54, 1.807) is 0 Å². The van der Waals surface area contributed by atoms with Crippen LogP contribution in [-0.4, -0.2) is 48.7 Å². The van der Waals surface area contributed by atoms with Crippen LogP contribution in [0, 0.1) is 0 Å². The van der Waals surface area contributed by atoms with Crippen LogP contribution in [0.5, 0.6) is 0 Å². The van der Waals surface area contributed by atoms with E-state index in [-0.39, 0.29) is 19.8 Å². The monoisotopic (exact) mass is 192 g/mol. The highest BCUT2D eigenvalue weighted by atomic mass is 16.6. The lowest BCUT2D eigenvalue weighted by Crippen LogP contribution is -2.43. The fraction of sp³-hybridized carbons (Fsp3) is 0.875. The number of carboxylic acids is 1. The van der Waals surface area contributed by atoms with Gasteiger partial charge in [0.15, 0.2) is 5.60 Å². The molecule has 1 atom stereocenters. The van der Waals surface area contributed by atoms with Crippen LogP contribution in [-0.2, 0) is 14.3 Å². The molecule has 78 valence electrons. The van der Waals surface area contributed by atoms with Crippen molar-refractivity contribution in [2.24, 2.45) is 0 Å². The van der Waals surface area contributed by atoms with E-state index in [1.807, 2.05) is 0 Å². The zero-order chi connectivity index (χ0) is 10.3. The van der Waals surface area contributed by atoms with Gasteiger partial charge in [0.2, 0.25) is 0 Å². The molecule has 0 amide bonds. The van der Waals surface area contributed by atoms with Crippen LogP contribution in [0.4, 0.5) is 0 Å². The molecular formula is C8H16O5. The lowest BCUT2D eigenvalue weighted by atomic mass is 10.1. The van der Waals surface area contributed by atoms with Crippen LogP contribution >= 0.6 is 0 Å². The number of aliphatic hydroxyl groups excluding tert-OH is 1. The fourth-order valence-corrected chi connectivity index (χ4v) is 0.803. The largest absolute Gasteiger partial charge is 0.479 e. The second-order valence-electron chi connectivity index (χ2n) is 2.89. The number of ether oxygens (including phenoxy) is 2. The third-order valence-electron chi connectivity index (χ3n) is 1.60. The number of methoxy groups -OCH3 is 1. The fourth-order valence-electron chi connectivity index (χ4n) is 0.803. The molecule has 5 heteroatoms. The molecule has 0 aromatic heterocycles. The zero-order valence-corrected chi connectivity index (χ0v) is 7.95. The topological polar surface area (TPSA) is 76.0 Å². The summed E-state index contributed by atoms with van der Waals surface area (Å²) in [6.45, 7) is 1.63. The average molecular weight is 192 g/mol. The average Bonchev–Trinajstić information content (AvgIpc) is 2.05. The van der Waals surface area contributed by atoms with E-state index < -0.39 is 11.6 Å². The van der Waals surface area contributed by atoms with Gasteiger partial charge in [-0.2, -0.15) is 0 Å². The normalized spacial score (nSPS) is 15.3. The van der Waals surface area contributed by atoms with Crippen LogP contribution in [0.15, 0.2) is 0 Å². The molecule has 0 radical (unpaired) electrons. The van der Waals surface area contributed by atoms with Gasteiger partial charge in [-0.25, -0.2) is 4.79 Å². The molecule has 0 spiro atoms. The molecular weight excluding hydrogens is 176 g/mol. The molecule has 0 rings (SSSR count). The summed E-state index contributed by atoms with van der Waals surface area (Å²) in [6, 6.07) is 0. The molecule has 0 fully saturated rings. The summed E-state index contributed by atoms with van der Waals surface area (Å²) >= 11 is 0. The van der Waals surface area contributed by atoms with Crippen molar-refractivity contribution < 1.29 is 24.5 Å². The van der Waals surface area contributed by atoms with Gasteiger partial charge in [-0.1, -0.05) is 0 Å². The van der Waals surface area contributed by atoms with E-state index >= 15 is 0 Å². The Bertz CT molecular complexity index is 159. The molecule has 0 aliphatic heterocycles. The number of carbonyl (C=O) groups is 1. The van der Waals surface area contributed by atoms with Gasteiger partial charge in [0, 0.05) is 13.7 Å². The van der Waals surface area contributed by atoms with Gasteiger partial charge in [0.05, 0.1) is 13.2 Å². The minimum atomic E-state index is -1.32. The smallest absolute Gasteiger partial charge is 0.338 e. The highest BCUT2D eigenvalue weighted by Gasteiger charge is 2.34. The zero-order valence-electron chi connectivity index (χ0n) is 7.95. The Labute approximate surface area is 77.3 Å². The van der Waals surface area contributed by atoms with E-state index in [0.717, 1.165) is 0 Å². The number of hydrogen-bond donors (Lipinski definition) is 2. The number of aliphatic hydroxyl groups is 1. The van der Waals surface area contributed by atoms with Crippen LogP contribution in [0.25, 0.3) is 0 Å². The first kappa shape index (κ1) is 12.3. The molecule has 5 nitrogen and oxygen atoms in total. The summed E-state index contributed by atoms with van der Waals surface area (Å²) in [5.74, 6) is -1.06. The number of carboxylic acid groups (broad SMARTS) is 1. The molecule has 0 saturated heterocycles. The molecule has 0 saturated carbocycles. The van der Waals surface area contributed by atoms with Crippen LogP contribution in [0.3, 0.4) is 0 Å². The summed E-state index contributed by atoms with van der Waals surface area (Å²) in [5.41, 5.74) is -1.32. The standard InChI is InChI=1S/C8H16O5/c1-8(6-12-2,7(10)11)13-5-3-4-9/h9H,3-6H2,1-2H3,(H,10,11). The van der Waals surface area contributed by atoms with Crippen molar-refractivity contribution in [1.29, 1.82) is 0 Å². The highest BCUT2D eigenvalue weighted by molar-refractivity contribution is 5.77. The van der Waals surface area contributed by atoms with Crippen molar-refractivity contribution in [3.8, 4) is 0 Å². The Morgan fingerprint density at radius 2 is 2.15 bits per heavy atom. The van der Waals surface area contributed by atoms with Gasteiger partial charge in [0.1, 0.15) is 0 Å². The van der Waals surface area contributed by atoms with Crippen molar-refractivity contribution in [3.05, 3.63) is 0 Å². The minimum absolute atomic E-state index is 0.00619. The van der Waals surface area contributed by atoms with Gasteiger partial charge in [0.25, 0.3) is 0 Å². The Hall–Kier alpha value is -0.650. The number of aliphatic carboxylic acids is 1. The third-order valence-corrected chi connectivity index (χ3v) is 1.60. The second kappa shape index (κ2) is 5.90. The number of hydrogen-bond acceptors (Lipinski definition) is 4. The van der Waals surface area contributed by atoms with Crippen molar-refractivity contribution in [3.63, 3.8) is 0 Å². The molecule has 13 heavy (non-hydrogen) atoms. The van der Waals surface area contributed by atoms with Crippen molar-refractivity contribution in [2.75, 3.05) is 26.9 Å². The molecule has 0 aromatic rings. The van der Waals surface area contributed by atoms with Crippen molar-refractivity contribution >= 4 is 5.97 Å². The number of rotatable bonds is 7. The lowest BCUT2D eigenvalue weighted by Gasteiger charge is -2.24. The van der Waals surface area contributed by atoms with E-state index in [2.05, 4.69) is 0 Å². The van der Waals surface area contributed by atoms with E-state index in [1.165, 1.54) is 14.0 Å². The van der Waals surface area contributed by atoms with Crippen LogP contribution in [0.1, 0.15) is 13.3 Å². The Kier molecular flexibility index (Phi) is 5.61. The molecule has 2 N–H and O–H groups in total. The predicted octanol–water partition coefficient (Wildman–Crippen LogP) is -0.125. The maximum atomic E-state index is 10.7. The molecule has 0 aliphatic carbocycles. The van der Waals surface area contributed by atoms with Crippen molar-refractivity contribution in [2.45, 2.75) is 18.9 Å². The van der Waals surface area contributed by atoms with Gasteiger partial charge < -0.3 is 19.7 Å². The Morgan fingerprint density at radius 1 is 1.54 bits per heavy atom. The summed E-state index contributed by atoms with van der Waals surface area (Å²) in [7, 11) is 1.41. The molecule has 0 aliphatic rings.